The van der Waals surface area contributed by atoms with E-state index in [1.54, 1.807) is 18.2 Å². The molecule has 1 aromatic carbocycles. The molecule has 0 spiro atoms. The fourth-order valence-electron chi connectivity index (χ4n) is 1.45. The number of hydrogen-bond acceptors (Lipinski definition) is 4. The normalized spacial score (nSPS) is 11.5. The Balaban J connectivity index is 2.37. The van der Waals surface area contributed by atoms with Gasteiger partial charge in [0, 0.05) is 20.7 Å². The molecular weight excluding hydrogens is 403 g/mol. The van der Waals surface area contributed by atoms with Gasteiger partial charge in [-0.15, -0.1) is 0 Å². The fraction of sp³-hybridized carbons (Fsp3) is 0.100. The molecule has 0 fully saturated rings. The van der Waals surface area contributed by atoms with Crippen molar-refractivity contribution in [1.29, 1.82) is 0 Å². The van der Waals surface area contributed by atoms with E-state index in [0.29, 0.717) is 19.8 Å². The van der Waals surface area contributed by atoms with Crippen LogP contribution >= 0.6 is 34.2 Å². The van der Waals surface area contributed by atoms with Crippen molar-refractivity contribution in [1.82, 2.24) is 10.2 Å². The van der Waals surface area contributed by atoms with Gasteiger partial charge in [0.25, 0.3) is 10.0 Å². The Bertz CT molecular complexity index is 701. The van der Waals surface area contributed by atoms with Crippen LogP contribution in [0.15, 0.2) is 29.4 Å². The van der Waals surface area contributed by atoms with Gasteiger partial charge in [0.1, 0.15) is 0 Å². The Morgan fingerprint density at radius 1 is 1.47 bits per heavy atom. The second-order valence-electron chi connectivity index (χ2n) is 3.66. The van der Waals surface area contributed by atoms with Crippen molar-refractivity contribution in [3.63, 3.8) is 0 Å². The molecule has 9 heteroatoms. The predicted molar refractivity (Wildman–Crippen MR) is 81.5 cm³/mol. The molecular formula is C10H10ClIN4O2S. The SMILES string of the molecule is NCc1cn[nH]c1S(=O)(=O)Nc1ccc(Cl)cc1I. The number of nitrogens with one attached hydrogen (secondary N) is 2. The maximum atomic E-state index is 12.2. The van der Waals surface area contributed by atoms with Gasteiger partial charge in [-0.3, -0.25) is 9.82 Å². The number of halogens is 2. The predicted octanol–water partition coefficient (Wildman–Crippen LogP) is 1.93. The summed E-state index contributed by atoms with van der Waals surface area (Å²) in [5.74, 6) is 0. The summed E-state index contributed by atoms with van der Waals surface area (Å²) >= 11 is 7.82. The van der Waals surface area contributed by atoms with E-state index in [1.165, 1.54) is 6.20 Å². The van der Waals surface area contributed by atoms with Gasteiger partial charge >= 0.3 is 0 Å². The average Bonchev–Trinajstić information content (AvgIpc) is 2.82. The lowest BCUT2D eigenvalue weighted by Gasteiger charge is -2.09. The van der Waals surface area contributed by atoms with Crippen molar-refractivity contribution in [3.05, 3.63) is 38.6 Å². The lowest BCUT2D eigenvalue weighted by Crippen LogP contribution is -2.16. The summed E-state index contributed by atoms with van der Waals surface area (Å²) in [4.78, 5) is 0. The molecule has 0 saturated carbocycles. The molecule has 4 N–H and O–H groups in total. The number of aromatic amines is 1. The van der Waals surface area contributed by atoms with E-state index in [9.17, 15) is 8.42 Å². The number of aromatic nitrogens is 2. The molecule has 1 heterocycles. The maximum Gasteiger partial charge on any atom is 0.279 e. The molecule has 19 heavy (non-hydrogen) atoms. The third kappa shape index (κ3) is 3.19. The van der Waals surface area contributed by atoms with Crippen molar-refractivity contribution in [2.45, 2.75) is 11.6 Å². The van der Waals surface area contributed by atoms with Gasteiger partial charge in [0.2, 0.25) is 0 Å². The van der Waals surface area contributed by atoms with Crippen LogP contribution in [-0.2, 0) is 16.6 Å². The number of hydrogen-bond donors (Lipinski definition) is 3. The fourth-order valence-corrected chi connectivity index (χ4v) is 3.86. The minimum absolute atomic E-state index is 0.0271. The Morgan fingerprint density at radius 3 is 2.84 bits per heavy atom. The van der Waals surface area contributed by atoms with Crippen LogP contribution in [0.2, 0.25) is 5.02 Å². The molecule has 6 nitrogen and oxygen atoms in total. The minimum Gasteiger partial charge on any atom is -0.326 e. The zero-order valence-electron chi connectivity index (χ0n) is 9.52. The van der Waals surface area contributed by atoms with Crippen LogP contribution in [0.4, 0.5) is 5.69 Å². The average molecular weight is 413 g/mol. The van der Waals surface area contributed by atoms with E-state index in [-0.39, 0.29) is 11.6 Å². The molecule has 0 aliphatic carbocycles. The zero-order valence-corrected chi connectivity index (χ0v) is 13.3. The molecule has 0 saturated heterocycles. The van der Waals surface area contributed by atoms with E-state index in [4.69, 9.17) is 17.3 Å². The van der Waals surface area contributed by atoms with E-state index in [2.05, 4.69) is 14.9 Å². The molecule has 102 valence electrons. The lowest BCUT2D eigenvalue weighted by atomic mass is 10.3. The highest BCUT2D eigenvalue weighted by Gasteiger charge is 2.21. The quantitative estimate of drug-likeness (QED) is 0.668. The zero-order chi connectivity index (χ0) is 14.0. The first-order valence-electron chi connectivity index (χ1n) is 5.14. The largest absolute Gasteiger partial charge is 0.326 e. The van der Waals surface area contributed by atoms with E-state index in [0.717, 1.165) is 0 Å². The first kappa shape index (κ1) is 14.6. The molecule has 1 aromatic heterocycles. The number of anilines is 1. The van der Waals surface area contributed by atoms with Crippen molar-refractivity contribution >= 4 is 49.9 Å². The molecule has 2 aromatic rings. The second kappa shape index (κ2) is 5.65. The molecule has 0 amide bonds. The first-order chi connectivity index (χ1) is 8.94. The first-order valence-corrected chi connectivity index (χ1v) is 8.08. The minimum atomic E-state index is -3.74. The third-order valence-electron chi connectivity index (χ3n) is 2.34. The molecule has 0 unspecified atom stereocenters. The summed E-state index contributed by atoms with van der Waals surface area (Å²) in [5.41, 5.74) is 6.34. The Labute approximate surface area is 128 Å². The van der Waals surface area contributed by atoms with Crippen molar-refractivity contribution in [2.75, 3.05) is 4.72 Å². The molecule has 0 bridgehead atoms. The topological polar surface area (TPSA) is 101 Å². The van der Waals surface area contributed by atoms with Gasteiger partial charge in [-0.05, 0) is 40.8 Å². The van der Waals surface area contributed by atoms with Crippen LogP contribution in [0.5, 0.6) is 0 Å². The molecule has 2 rings (SSSR count). The van der Waals surface area contributed by atoms with Crippen LogP contribution in [0.3, 0.4) is 0 Å². The number of sulfonamides is 1. The Hall–Kier alpha value is -0.840. The smallest absolute Gasteiger partial charge is 0.279 e. The monoisotopic (exact) mass is 412 g/mol. The standard InChI is InChI=1S/C10H10ClIN4O2S/c11-7-1-2-9(8(12)3-7)16-19(17,18)10-6(4-13)5-14-15-10/h1-3,5,16H,4,13H2,(H,14,15). The summed E-state index contributed by atoms with van der Waals surface area (Å²) in [5, 5.41) is 6.64. The highest BCUT2D eigenvalue weighted by molar-refractivity contribution is 14.1. The number of nitrogens with two attached hydrogens (primary N) is 1. The van der Waals surface area contributed by atoms with Gasteiger partial charge in [-0.2, -0.15) is 13.5 Å². The van der Waals surface area contributed by atoms with E-state index < -0.39 is 10.0 Å². The second-order valence-corrected chi connectivity index (χ2v) is 6.88. The van der Waals surface area contributed by atoms with Crippen LogP contribution in [0, 0.1) is 3.57 Å². The summed E-state index contributed by atoms with van der Waals surface area (Å²) < 4.78 is 27.6. The summed E-state index contributed by atoms with van der Waals surface area (Å²) in [6, 6.07) is 4.87. The Morgan fingerprint density at radius 2 is 2.21 bits per heavy atom. The molecule has 0 radical (unpaired) electrons. The van der Waals surface area contributed by atoms with Crippen LogP contribution in [-0.4, -0.2) is 18.6 Å². The maximum absolute atomic E-state index is 12.2. The van der Waals surface area contributed by atoms with Gasteiger partial charge in [0.15, 0.2) is 5.03 Å². The number of benzene rings is 1. The van der Waals surface area contributed by atoms with E-state index >= 15 is 0 Å². The summed E-state index contributed by atoms with van der Waals surface area (Å²) in [6.07, 6.45) is 1.39. The Kier molecular flexibility index (Phi) is 4.33. The van der Waals surface area contributed by atoms with Crippen molar-refractivity contribution < 1.29 is 8.42 Å². The number of H-pyrrole nitrogens is 1. The van der Waals surface area contributed by atoms with Gasteiger partial charge in [0.05, 0.1) is 11.9 Å². The van der Waals surface area contributed by atoms with Gasteiger partial charge < -0.3 is 5.73 Å². The van der Waals surface area contributed by atoms with Crippen molar-refractivity contribution in [3.8, 4) is 0 Å². The highest BCUT2D eigenvalue weighted by Crippen LogP contribution is 2.25. The van der Waals surface area contributed by atoms with Crippen LogP contribution < -0.4 is 10.5 Å². The highest BCUT2D eigenvalue weighted by atomic mass is 127. The molecule has 0 aliphatic heterocycles. The van der Waals surface area contributed by atoms with Crippen LogP contribution in [0.25, 0.3) is 0 Å². The third-order valence-corrected chi connectivity index (χ3v) is 4.85. The number of rotatable bonds is 4. The summed E-state index contributed by atoms with van der Waals surface area (Å²) in [7, 11) is -3.74. The van der Waals surface area contributed by atoms with Gasteiger partial charge in [-0.1, -0.05) is 11.6 Å². The van der Waals surface area contributed by atoms with Crippen molar-refractivity contribution in [2.24, 2.45) is 5.73 Å². The summed E-state index contributed by atoms with van der Waals surface area (Å²) in [6.45, 7) is 0.0878. The lowest BCUT2D eigenvalue weighted by molar-refractivity contribution is 0.596. The molecule has 0 atom stereocenters. The van der Waals surface area contributed by atoms with Gasteiger partial charge in [-0.25, -0.2) is 0 Å². The number of nitrogens with zero attached hydrogens (tertiary/aromatic N) is 1. The molecule has 0 aliphatic rings. The van der Waals surface area contributed by atoms with Crippen LogP contribution in [0.1, 0.15) is 5.56 Å². The van der Waals surface area contributed by atoms with E-state index in [1.807, 2.05) is 22.6 Å².